The van der Waals surface area contributed by atoms with Crippen LogP contribution in [-0.2, 0) is 4.74 Å². The lowest BCUT2D eigenvalue weighted by atomic mass is 10.2. The summed E-state index contributed by atoms with van der Waals surface area (Å²) in [6.45, 7) is 1.36. The molecule has 70 valence electrons. The van der Waals surface area contributed by atoms with E-state index in [4.69, 9.17) is 22.1 Å². The van der Waals surface area contributed by atoms with Gasteiger partial charge in [-0.15, -0.1) is 0 Å². The minimum atomic E-state index is 0.192. The summed E-state index contributed by atoms with van der Waals surface area (Å²) in [7, 11) is 0. The standard InChI is InChI=1S/C7H9ClN4O/c8-7-10-1-5(9)6(12-7)11-4-2-13-3-4/h1,4H,2-3,9H2,(H,10,11,12). The number of halogens is 1. The van der Waals surface area contributed by atoms with Gasteiger partial charge in [0, 0.05) is 0 Å². The van der Waals surface area contributed by atoms with Crippen molar-refractivity contribution in [2.45, 2.75) is 6.04 Å². The Labute approximate surface area is 80.3 Å². The van der Waals surface area contributed by atoms with E-state index in [9.17, 15) is 0 Å². The van der Waals surface area contributed by atoms with Crippen molar-refractivity contribution in [2.75, 3.05) is 24.3 Å². The van der Waals surface area contributed by atoms with Gasteiger partial charge in [0.05, 0.1) is 31.1 Å². The predicted octanol–water partition coefficient (Wildman–Crippen LogP) is 0.523. The molecule has 3 N–H and O–H groups in total. The van der Waals surface area contributed by atoms with E-state index in [1.807, 2.05) is 0 Å². The maximum Gasteiger partial charge on any atom is 0.224 e. The number of hydrogen-bond acceptors (Lipinski definition) is 5. The number of anilines is 2. The highest BCUT2D eigenvalue weighted by Gasteiger charge is 2.19. The fraction of sp³-hybridized carbons (Fsp3) is 0.429. The third kappa shape index (κ3) is 1.81. The van der Waals surface area contributed by atoms with Gasteiger partial charge in [0.2, 0.25) is 5.28 Å². The molecule has 2 rings (SSSR count). The maximum atomic E-state index is 5.63. The molecule has 0 saturated carbocycles. The van der Waals surface area contributed by atoms with E-state index in [1.54, 1.807) is 0 Å². The summed E-state index contributed by atoms with van der Waals surface area (Å²) in [5.74, 6) is 0.577. The summed E-state index contributed by atoms with van der Waals surface area (Å²) in [5, 5.41) is 3.29. The first-order valence-corrected chi connectivity index (χ1v) is 4.26. The van der Waals surface area contributed by atoms with Crippen molar-refractivity contribution in [3.8, 4) is 0 Å². The van der Waals surface area contributed by atoms with Crippen LogP contribution >= 0.6 is 11.6 Å². The van der Waals surface area contributed by atoms with Crippen molar-refractivity contribution in [3.63, 3.8) is 0 Å². The highest BCUT2D eigenvalue weighted by atomic mass is 35.5. The Bertz CT molecular complexity index is 315. The van der Waals surface area contributed by atoms with Crippen molar-refractivity contribution >= 4 is 23.1 Å². The van der Waals surface area contributed by atoms with Gasteiger partial charge in [-0.25, -0.2) is 4.98 Å². The maximum absolute atomic E-state index is 5.63. The summed E-state index contributed by atoms with van der Waals surface area (Å²) >= 11 is 5.61. The summed E-state index contributed by atoms with van der Waals surface area (Å²) < 4.78 is 5.00. The number of nitrogens with two attached hydrogens (primary N) is 1. The molecular formula is C7H9ClN4O. The fourth-order valence-electron chi connectivity index (χ4n) is 0.998. The van der Waals surface area contributed by atoms with E-state index >= 15 is 0 Å². The van der Waals surface area contributed by atoms with Gasteiger partial charge in [0.25, 0.3) is 0 Å². The summed E-state index contributed by atoms with van der Waals surface area (Å²) in [4.78, 5) is 7.71. The SMILES string of the molecule is Nc1cnc(Cl)nc1NC1COC1. The molecule has 0 unspecified atom stereocenters. The van der Waals surface area contributed by atoms with Crippen molar-refractivity contribution in [1.82, 2.24) is 9.97 Å². The summed E-state index contributed by atoms with van der Waals surface area (Å²) in [6, 6.07) is 0.285. The molecule has 1 aliphatic rings. The lowest BCUT2D eigenvalue weighted by Gasteiger charge is -2.27. The lowest BCUT2D eigenvalue weighted by Crippen LogP contribution is -2.40. The molecular weight excluding hydrogens is 192 g/mol. The van der Waals surface area contributed by atoms with Crippen molar-refractivity contribution < 1.29 is 4.74 Å². The van der Waals surface area contributed by atoms with Crippen LogP contribution in [0.1, 0.15) is 0 Å². The first-order chi connectivity index (χ1) is 6.25. The van der Waals surface area contributed by atoms with E-state index in [2.05, 4.69) is 15.3 Å². The van der Waals surface area contributed by atoms with Gasteiger partial charge >= 0.3 is 0 Å². The van der Waals surface area contributed by atoms with Gasteiger partial charge in [-0.3, -0.25) is 0 Å². The molecule has 0 radical (unpaired) electrons. The number of nitrogens with zero attached hydrogens (tertiary/aromatic N) is 2. The topological polar surface area (TPSA) is 73.1 Å². The Kier molecular flexibility index (Phi) is 2.20. The van der Waals surface area contributed by atoms with E-state index < -0.39 is 0 Å². The van der Waals surface area contributed by atoms with Crippen LogP contribution in [0.2, 0.25) is 5.28 Å². The second kappa shape index (κ2) is 3.35. The van der Waals surface area contributed by atoms with E-state index in [0.29, 0.717) is 24.7 Å². The van der Waals surface area contributed by atoms with Gasteiger partial charge < -0.3 is 15.8 Å². The Hall–Kier alpha value is -1.07. The van der Waals surface area contributed by atoms with Crippen LogP contribution in [-0.4, -0.2) is 29.2 Å². The second-order valence-corrected chi connectivity index (χ2v) is 3.16. The van der Waals surface area contributed by atoms with Crippen LogP contribution in [0.15, 0.2) is 6.20 Å². The molecule has 1 aromatic heterocycles. The average Bonchev–Trinajstić information content (AvgIpc) is 2.03. The molecule has 0 aromatic carbocycles. The number of ether oxygens (including phenoxy) is 1. The Balaban J connectivity index is 2.13. The Morgan fingerprint density at radius 1 is 1.62 bits per heavy atom. The zero-order chi connectivity index (χ0) is 9.26. The molecule has 0 spiro atoms. The number of rotatable bonds is 2. The van der Waals surface area contributed by atoms with Gasteiger partial charge in [-0.05, 0) is 11.6 Å². The average molecular weight is 201 g/mol. The summed E-state index contributed by atoms with van der Waals surface area (Å²) in [5.41, 5.74) is 6.13. The molecule has 1 aromatic rings. The van der Waals surface area contributed by atoms with Crippen LogP contribution in [0, 0.1) is 0 Å². The smallest absolute Gasteiger partial charge is 0.224 e. The molecule has 2 heterocycles. The molecule has 1 aliphatic heterocycles. The number of hydrogen-bond donors (Lipinski definition) is 2. The molecule has 6 heteroatoms. The summed E-state index contributed by atoms with van der Waals surface area (Å²) in [6.07, 6.45) is 1.48. The minimum Gasteiger partial charge on any atom is -0.394 e. The van der Waals surface area contributed by atoms with Crippen molar-refractivity contribution in [2.24, 2.45) is 0 Å². The normalized spacial score (nSPS) is 16.7. The molecule has 0 amide bonds. The van der Waals surface area contributed by atoms with Crippen molar-refractivity contribution in [3.05, 3.63) is 11.5 Å². The van der Waals surface area contributed by atoms with Gasteiger partial charge in [-0.2, -0.15) is 4.98 Å². The lowest BCUT2D eigenvalue weighted by molar-refractivity contribution is 0.0210. The molecule has 0 atom stereocenters. The second-order valence-electron chi connectivity index (χ2n) is 2.82. The van der Waals surface area contributed by atoms with Crippen LogP contribution in [0.4, 0.5) is 11.5 Å². The number of nitrogens with one attached hydrogen (secondary N) is 1. The Morgan fingerprint density at radius 2 is 2.38 bits per heavy atom. The highest BCUT2D eigenvalue weighted by Crippen LogP contribution is 2.18. The van der Waals surface area contributed by atoms with Crippen LogP contribution in [0.5, 0.6) is 0 Å². The fourth-order valence-corrected chi connectivity index (χ4v) is 1.13. The van der Waals surface area contributed by atoms with Crippen LogP contribution in [0.3, 0.4) is 0 Å². The minimum absolute atomic E-state index is 0.192. The quantitative estimate of drug-likeness (QED) is 0.681. The first-order valence-electron chi connectivity index (χ1n) is 3.88. The molecule has 0 bridgehead atoms. The van der Waals surface area contributed by atoms with Gasteiger partial charge in [0.1, 0.15) is 0 Å². The highest BCUT2D eigenvalue weighted by molar-refractivity contribution is 6.28. The van der Waals surface area contributed by atoms with E-state index in [1.165, 1.54) is 6.20 Å². The predicted molar refractivity (Wildman–Crippen MR) is 49.7 cm³/mol. The van der Waals surface area contributed by atoms with Crippen LogP contribution in [0.25, 0.3) is 0 Å². The van der Waals surface area contributed by atoms with Gasteiger partial charge in [-0.1, -0.05) is 0 Å². The third-order valence-electron chi connectivity index (χ3n) is 1.77. The van der Waals surface area contributed by atoms with Crippen LogP contribution < -0.4 is 11.1 Å². The zero-order valence-electron chi connectivity index (χ0n) is 6.83. The molecule has 1 fully saturated rings. The first kappa shape index (κ1) is 8.52. The molecule has 5 nitrogen and oxygen atoms in total. The monoisotopic (exact) mass is 200 g/mol. The number of nitrogen functional groups attached to an aromatic ring is 1. The largest absolute Gasteiger partial charge is 0.394 e. The molecule has 1 saturated heterocycles. The van der Waals surface area contributed by atoms with E-state index in [0.717, 1.165) is 0 Å². The third-order valence-corrected chi connectivity index (χ3v) is 1.95. The Morgan fingerprint density at radius 3 is 3.00 bits per heavy atom. The zero-order valence-corrected chi connectivity index (χ0v) is 7.58. The number of aromatic nitrogens is 2. The van der Waals surface area contributed by atoms with E-state index in [-0.39, 0.29) is 11.3 Å². The van der Waals surface area contributed by atoms with Gasteiger partial charge in [0.15, 0.2) is 5.82 Å². The van der Waals surface area contributed by atoms with Crippen molar-refractivity contribution in [1.29, 1.82) is 0 Å². The molecule has 13 heavy (non-hydrogen) atoms. The molecule has 0 aliphatic carbocycles.